The lowest BCUT2D eigenvalue weighted by atomic mass is 9.61. The van der Waals surface area contributed by atoms with Gasteiger partial charge in [0.1, 0.15) is 5.75 Å². The number of rotatable bonds is 4. The van der Waals surface area contributed by atoms with Gasteiger partial charge in [-0.05, 0) is 51.1 Å². The third kappa shape index (κ3) is 3.32. The minimum Gasteiger partial charge on any atom is -0.493 e. The van der Waals surface area contributed by atoms with Crippen molar-refractivity contribution in [2.24, 2.45) is 5.92 Å². The lowest BCUT2D eigenvalue weighted by Gasteiger charge is -2.54. The average Bonchev–Trinajstić information content (AvgIpc) is 3.15. The van der Waals surface area contributed by atoms with Crippen molar-refractivity contribution >= 4 is 0 Å². The number of fused-ring (bicyclic) bond motifs is 2. The first-order valence-corrected chi connectivity index (χ1v) is 11.7. The summed E-state index contributed by atoms with van der Waals surface area (Å²) >= 11 is 0. The van der Waals surface area contributed by atoms with Crippen LogP contribution in [0.25, 0.3) is 0 Å². The quantitative estimate of drug-likeness (QED) is 0.757. The third-order valence-electron chi connectivity index (χ3n) is 8.25. The number of likely N-dealkylation sites (tertiary alicyclic amines) is 1. The summed E-state index contributed by atoms with van der Waals surface area (Å²) in [5, 5.41) is 9.76. The van der Waals surface area contributed by atoms with Crippen molar-refractivity contribution in [3.8, 4) is 17.2 Å². The zero-order valence-electron chi connectivity index (χ0n) is 20.2. The second kappa shape index (κ2) is 8.15. The van der Waals surface area contributed by atoms with E-state index in [9.17, 15) is 5.11 Å². The van der Waals surface area contributed by atoms with Gasteiger partial charge in [-0.2, -0.15) is 0 Å². The highest BCUT2D eigenvalue weighted by molar-refractivity contribution is 5.47. The number of benzene rings is 1. The molecule has 3 heterocycles. The number of aliphatic hydroxyl groups is 1. The van der Waals surface area contributed by atoms with Gasteiger partial charge >= 0.3 is 0 Å². The van der Waals surface area contributed by atoms with Crippen molar-refractivity contribution in [1.29, 1.82) is 0 Å². The highest BCUT2D eigenvalue weighted by atomic mass is 16.7. The first-order chi connectivity index (χ1) is 15.9. The van der Waals surface area contributed by atoms with Gasteiger partial charge < -0.3 is 29.0 Å². The van der Waals surface area contributed by atoms with E-state index in [1.165, 1.54) is 5.56 Å². The van der Waals surface area contributed by atoms with E-state index in [0.29, 0.717) is 6.61 Å². The summed E-state index contributed by atoms with van der Waals surface area (Å²) in [5.41, 5.74) is 3.80. The Morgan fingerprint density at radius 2 is 2.00 bits per heavy atom. The maximum Gasteiger partial charge on any atom is 0.215 e. The lowest BCUT2D eigenvalue weighted by molar-refractivity contribution is -0.262. The van der Waals surface area contributed by atoms with Crippen molar-refractivity contribution in [2.45, 2.75) is 63.6 Å². The highest BCUT2D eigenvalue weighted by Crippen LogP contribution is 2.56. The third-order valence-corrected chi connectivity index (χ3v) is 8.25. The van der Waals surface area contributed by atoms with Crippen molar-refractivity contribution < 1.29 is 24.1 Å². The highest BCUT2D eigenvalue weighted by Gasteiger charge is 2.60. The van der Waals surface area contributed by atoms with Crippen molar-refractivity contribution in [2.75, 3.05) is 27.8 Å². The Labute approximate surface area is 195 Å². The summed E-state index contributed by atoms with van der Waals surface area (Å²) < 4.78 is 24.3. The van der Waals surface area contributed by atoms with Gasteiger partial charge in [-0.3, -0.25) is 4.98 Å². The van der Waals surface area contributed by atoms with Crippen LogP contribution in [-0.2, 0) is 23.4 Å². The van der Waals surface area contributed by atoms with Gasteiger partial charge in [0.15, 0.2) is 11.5 Å². The van der Waals surface area contributed by atoms with Crippen LogP contribution < -0.4 is 14.2 Å². The number of ether oxygens (including phenoxy) is 4. The number of pyridine rings is 1. The standard InChI is InChI=1S/C26H34N2O5/c1-16-11-25(19-6-7-21(30-4)22(10-19)31-5)8-9-28(3)23(25)12-26(16)32-15-20-18(14-29)13-27-17(2)24(20)33-26/h6-7,10,13,16,23,29H,8-9,11-12,14-15H2,1-5H3/t16?,23-,25+,26?/m0/s1. The number of hydrogen-bond acceptors (Lipinski definition) is 7. The fourth-order valence-electron chi connectivity index (χ4n) is 6.33. The molecule has 1 aromatic carbocycles. The minimum absolute atomic E-state index is 0.00773. The summed E-state index contributed by atoms with van der Waals surface area (Å²) in [6.07, 6.45) is 4.51. The molecule has 2 aliphatic heterocycles. The first kappa shape index (κ1) is 22.4. The molecule has 3 aliphatic rings. The van der Waals surface area contributed by atoms with Gasteiger partial charge in [-0.1, -0.05) is 13.0 Å². The van der Waals surface area contributed by atoms with E-state index in [2.05, 4.69) is 36.0 Å². The summed E-state index contributed by atoms with van der Waals surface area (Å²) in [5.74, 6) is 1.75. The van der Waals surface area contributed by atoms with Gasteiger partial charge in [0.05, 0.1) is 33.1 Å². The number of methoxy groups -OCH3 is 2. The molecule has 1 aromatic heterocycles. The van der Waals surface area contributed by atoms with Crippen LogP contribution in [0.3, 0.4) is 0 Å². The van der Waals surface area contributed by atoms with Crippen LogP contribution in [0.2, 0.25) is 0 Å². The Morgan fingerprint density at radius 3 is 2.73 bits per heavy atom. The van der Waals surface area contributed by atoms with Gasteiger partial charge in [0.25, 0.3) is 0 Å². The van der Waals surface area contributed by atoms with Crippen LogP contribution in [0.15, 0.2) is 24.4 Å². The maximum atomic E-state index is 9.76. The van der Waals surface area contributed by atoms with Crippen LogP contribution in [0, 0.1) is 12.8 Å². The number of aryl methyl sites for hydroxylation is 1. The van der Waals surface area contributed by atoms with Gasteiger partial charge in [0.2, 0.25) is 5.79 Å². The van der Waals surface area contributed by atoms with Crippen LogP contribution in [-0.4, -0.2) is 54.6 Å². The SMILES string of the molecule is COc1ccc([C@]23CCN(C)[C@H]2CC2(OCc4c(CO)cnc(C)c4O2)C(C)C3)cc1OC. The molecular weight excluding hydrogens is 420 g/mol. The van der Waals surface area contributed by atoms with Gasteiger partial charge in [0, 0.05) is 41.1 Å². The molecule has 0 bridgehead atoms. The molecular formula is C26H34N2O5. The van der Waals surface area contributed by atoms with Crippen LogP contribution in [0.1, 0.15) is 48.6 Å². The largest absolute Gasteiger partial charge is 0.493 e. The zero-order chi connectivity index (χ0) is 23.4. The number of nitrogens with zero attached hydrogens (tertiary/aromatic N) is 2. The molecule has 0 amide bonds. The predicted molar refractivity (Wildman–Crippen MR) is 124 cm³/mol. The fourth-order valence-corrected chi connectivity index (χ4v) is 6.33. The molecule has 2 fully saturated rings. The number of likely N-dealkylation sites (N-methyl/N-ethyl adjacent to an activating group) is 1. The first-order valence-electron chi connectivity index (χ1n) is 11.7. The molecule has 1 aliphatic carbocycles. The molecule has 5 rings (SSSR count). The predicted octanol–water partition coefficient (Wildman–Crippen LogP) is 3.58. The maximum absolute atomic E-state index is 9.76. The van der Waals surface area contributed by atoms with E-state index in [1.807, 2.05) is 13.0 Å². The molecule has 1 saturated carbocycles. The summed E-state index contributed by atoms with van der Waals surface area (Å²) in [4.78, 5) is 6.91. The normalized spacial score (nSPS) is 31.1. The summed E-state index contributed by atoms with van der Waals surface area (Å²) in [6.45, 7) is 5.58. The molecule has 7 nitrogen and oxygen atoms in total. The lowest BCUT2D eigenvalue weighted by Crippen LogP contribution is -2.60. The molecule has 1 saturated heterocycles. The van der Waals surface area contributed by atoms with E-state index in [-0.39, 0.29) is 24.0 Å². The Morgan fingerprint density at radius 1 is 1.21 bits per heavy atom. The van der Waals surface area contributed by atoms with Gasteiger partial charge in [-0.15, -0.1) is 0 Å². The van der Waals surface area contributed by atoms with E-state index in [4.69, 9.17) is 18.9 Å². The van der Waals surface area contributed by atoms with Crippen LogP contribution >= 0.6 is 0 Å². The second-order valence-corrected chi connectivity index (χ2v) is 9.82. The molecule has 178 valence electrons. The second-order valence-electron chi connectivity index (χ2n) is 9.82. The van der Waals surface area contributed by atoms with Crippen molar-refractivity contribution in [3.63, 3.8) is 0 Å². The fraction of sp³-hybridized carbons (Fsp3) is 0.577. The molecule has 4 atom stereocenters. The summed E-state index contributed by atoms with van der Waals surface area (Å²) in [6, 6.07) is 6.62. The monoisotopic (exact) mass is 454 g/mol. The van der Waals surface area contributed by atoms with E-state index in [1.54, 1.807) is 20.4 Å². The zero-order valence-corrected chi connectivity index (χ0v) is 20.2. The van der Waals surface area contributed by atoms with Crippen molar-refractivity contribution in [1.82, 2.24) is 9.88 Å². The molecule has 1 N–H and O–H groups in total. The average molecular weight is 455 g/mol. The topological polar surface area (TPSA) is 73.3 Å². The Balaban J connectivity index is 1.53. The van der Waals surface area contributed by atoms with Crippen LogP contribution in [0.4, 0.5) is 0 Å². The van der Waals surface area contributed by atoms with Crippen molar-refractivity contribution in [3.05, 3.63) is 46.8 Å². The van der Waals surface area contributed by atoms with E-state index >= 15 is 0 Å². The summed E-state index contributed by atoms with van der Waals surface area (Å²) in [7, 11) is 5.56. The Kier molecular flexibility index (Phi) is 5.54. The van der Waals surface area contributed by atoms with E-state index < -0.39 is 5.79 Å². The van der Waals surface area contributed by atoms with Gasteiger partial charge in [-0.25, -0.2) is 0 Å². The minimum atomic E-state index is -0.711. The van der Waals surface area contributed by atoms with Crippen LogP contribution in [0.5, 0.6) is 17.2 Å². The smallest absolute Gasteiger partial charge is 0.215 e. The molecule has 1 spiro atoms. The molecule has 2 unspecified atom stereocenters. The van der Waals surface area contributed by atoms with E-state index in [0.717, 1.165) is 59.9 Å². The molecule has 2 aromatic rings. The molecule has 33 heavy (non-hydrogen) atoms. The number of aliphatic hydroxyl groups excluding tert-OH is 1. The Hall–Kier alpha value is -2.35. The number of hydrogen-bond donors (Lipinski definition) is 1. The Bertz CT molecular complexity index is 1060. The number of aromatic nitrogens is 1. The molecule has 7 heteroatoms. The molecule has 0 radical (unpaired) electrons.